The van der Waals surface area contributed by atoms with Crippen LogP contribution in [-0.2, 0) is 4.79 Å². The molecule has 0 aliphatic heterocycles. The molecule has 0 fully saturated rings. The third kappa shape index (κ3) is 2.88. The molecule has 1 rings (SSSR count). The van der Waals surface area contributed by atoms with Gasteiger partial charge in [0, 0.05) is 5.56 Å². The van der Waals surface area contributed by atoms with Crippen LogP contribution in [0.15, 0.2) is 18.2 Å². The maximum Gasteiger partial charge on any atom is 0.207 e. The molecule has 4 nitrogen and oxygen atoms in total. The highest BCUT2D eigenvalue weighted by Gasteiger charge is 2.08. The zero-order valence-electron chi connectivity index (χ0n) is 7.66. The summed E-state index contributed by atoms with van der Waals surface area (Å²) in [6, 6.07) is 5.07. The predicted octanol–water partition coefficient (Wildman–Crippen LogP) is 0.626. The first kappa shape index (κ1) is 10.9. The molecule has 15 heavy (non-hydrogen) atoms. The van der Waals surface area contributed by atoms with Gasteiger partial charge >= 0.3 is 0 Å². The van der Waals surface area contributed by atoms with E-state index >= 15 is 0 Å². The number of nitrogens with one attached hydrogen (secondary N) is 1. The normalized spacial score (nSPS) is 9.07. The quantitative estimate of drug-likeness (QED) is 0.580. The highest BCUT2D eigenvalue weighted by Crippen LogP contribution is 2.08. The van der Waals surface area contributed by atoms with E-state index < -0.39 is 11.6 Å². The lowest BCUT2D eigenvalue weighted by Crippen LogP contribution is -2.21. The van der Waals surface area contributed by atoms with Crippen LogP contribution in [0.4, 0.5) is 4.39 Å². The molecule has 5 heteroatoms. The Balaban J connectivity index is 2.94. The van der Waals surface area contributed by atoms with E-state index in [1.54, 1.807) is 6.07 Å². The Labute approximate surface area is 85.3 Å². The molecule has 1 N–H and O–H groups in total. The third-order valence-corrected chi connectivity index (χ3v) is 1.69. The van der Waals surface area contributed by atoms with Crippen molar-refractivity contribution in [3.63, 3.8) is 0 Å². The van der Waals surface area contributed by atoms with Gasteiger partial charge in [-0.1, -0.05) is 0 Å². The minimum absolute atomic E-state index is 0.0703. The average molecular weight is 206 g/mol. The van der Waals surface area contributed by atoms with Gasteiger partial charge in [-0.15, -0.1) is 0 Å². The van der Waals surface area contributed by atoms with E-state index in [0.29, 0.717) is 6.41 Å². The molecule has 0 spiro atoms. The summed E-state index contributed by atoms with van der Waals surface area (Å²) in [5.74, 6) is -1.10. The van der Waals surface area contributed by atoms with Crippen molar-refractivity contribution in [1.29, 1.82) is 5.26 Å². The minimum atomic E-state index is -0.650. The standard InChI is InChI=1S/C10H7FN2O2/c11-9-2-7(4-12)1-8(3-9)10(15)5-13-6-14/h1-3,6H,5H2,(H,13,14). The van der Waals surface area contributed by atoms with E-state index in [9.17, 15) is 14.0 Å². The highest BCUT2D eigenvalue weighted by molar-refractivity contribution is 5.98. The van der Waals surface area contributed by atoms with Crippen LogP contribution in [0.1, 0.15) is 15.9 Å². The molecular weight excluding hydrogens is 199 g/mol. The van der Waals surface area contributed by atoms with E-state index in [1.807, 2.05) is 0 Å². The number of nitrogens with zero attached hydrogens (tertiary/aromatic N) is 1. The van der Waals surface area contributed by atoms with E-state index in [2.05, 4.69) is 5.32 Å². The number of benzene rings is 1. The van der Waals surface area contributed by atoms with Gasteiger partial charge < -0.3 is 5.32 Å². The maximum atomic E-state index is 12.9. The molecule has 0 saturated carbocycles. The topological polar surface area (TPSA) is 70.0 Å². The second-order valence-corrected chi connectivity index (χ2v) is 2.76. The summed E-state index contributed by atoms with van der Waals surface area (Å²) in [7, 11) is 0. The van der Waals surface area contributed by atoms with Crippen LogP contribution in [0.2, 0.25) is 0 Å². The summed E-state index contributed by atoms with van der Waals surface area (Å²) in [5.41, 5.74) is 0.144. The van der Waals surface area contributed by atoms with Crippen LogP contribution in [-0.4, -0.2) is 18.7 Å². The van der Waals surface area contributed by atoms with Crippen LogP contribution < -0.4 is 5.32 Å². The number of amides is 1. The molecule has 1 aromatic carbocycles. The van der Waals surface area contributed by atoms with Gasteiger partial charge in [-0.3, -0.25) is 9.59 Å². The number of Topliss-reactive ketones (excluding diaryl/α,β-unsaturated/α-hetero) is 1. The Morgan fingerprint density at radius 3 is 2.87 bits per heavy atom. The summed E-state index contributed by atoms with van der Waals surface area (Å²) < 4.78 is 12.9. The molecule has 0 atom stereocenters. The van der Waals surface area contributed by atoms with Crippen molar-refractivity contribution in [2.75, 3.05) is 6.54 Å². The highest BCUT2D eigenvalue weighted by atomic mass is 19.1. The second kappa shape index (κ2) is 4.86. The van der Waals surface area contributed by atoms with Gasteiger partial charge in [-0.05, 0) is 18.2 Å². The molecule has 0 bridgehead atoms. The van der Waals surface area contributed by atoms with Gasteiger partial charge in [0.1, 0.15) is 5.82 Å². The fourth-order valence-corrected chi connectivity index (χ4v) is 1.05. The molecular formula is C10H7FN2O2. The molecule has 0 unspecified atom stereocenters. The fraction of sp³-hybridized carbons (Fsp3) is 0.100. The average Bonchev–Trinajstić information content (AvgIpc) is 2.24. The van der Waals surface area contributed by atoms with Gasteiger partial charge in [0.25, 0.3) is 0 Å². The second-order valence-electron chi connectivity index (χ2n) is 2.76. The first-order chi connectivity index (χ1) is 7.17. The van der Waals surface area contributed by atoms with E-state index in [4.69, 9.17) is 5.26 Å². The summed E-state index contributed by atoms with van der Waals surface area (Å²) >= 11 is 0. The molecule has 1 aromatic rings. The summed E-state index contributed by atoms with van der Waals surface area (Å²) in [6.07, 6.45) is 0.377. The molecule has 0 aromatic heterocycles. The Hall–Kier alpha value is -2.22. The smallest absolute Gasteiger partial charge is 0.207 e. The van der Waals surface area contributed by atoms with Crippen molar-refractivity contribution in [2.24, 2.45) is 0 Å². The summed E-state index contributed by atoms with van der Waals surface area (Å²) in [6.45, 7) is -0.210. The van der Waals surface area contributed by atoms with Crippen molar-refractivity contribution in [3.05, 3.63) is 35.1 Å². The van der Waals surface area contributed by atoms with Crippen molar-refractivity contribution in [1.82, 2.24) is 5.32 Å². The lowest BCUT2D eigenvalue weighted by atomic mass is 10.1. The molecule has 1 amide bonds. The lowest BCUT2D eigenvalue weighted by Gasteiger charge is -2.00. The van der Waals surface area contributed by atoms with E-state index in [1.165, 1.54) is 6.07 Å². The zero-order chi connectivity index (χ0) is 11.3. The van der Waals surface area contributed by atoms with Crippen molar-refractivity contribution in [3.8, 4) is 6.07 Å². The Morgan fingerprint density at radius 1 is 1.53 bits per heavy atom. The zero-order valence-corrected chi connectivity index (χ0v) is 7.66. The van der Waals surface area contributed by atoms with Crippen LogP contribution >= 0.6 is 0 Å². The van der Waals surface area contributed by atoms with Crippen molar-refractivity contribution >= 4 is 12.2 Å². The largest absolute Gasteiger partial charge is 0.351 e. The number of halogens is 1. The minimum Gasteiger partial charge on any atom is -0.351 e. The molecule has 0 radical (unpaired) electrons. The van der Waals surface area contributed by atoms with Crippen LogP contribution in [0.25, 0.3) is 0 Å². The van der Waals surface area contributed by atoms with Gasteiger partial charge in [0.15, 0.2) is 5.78 Å². The molecule has 0 aliphatic carbocycles. The van der Waals surface area contributed by atoms with Crippen LogP contribution in [0.3, 0.4) is 0 Å². The number of carbonyl (C=O) groups is 2. The first-order valence-corrected chi connectivity index (χ1v) is 4.08. The lowest BCUT2D eigenvalue weighted by molar-refractivity contribution is -0.109. The maximum absolute atomic E-state index is 12.9. The Bertz CT molecular complexity index is 438. The first-order valence-electron chi connectivity index (χ1n) is 4.08. The van der Waals surface area contributed by atoms with Gasteiger partial charge in [-0.2, -0.15) is 5.26 Å². The third-order valence-electron chi connectivity index (χ3n) is 1.69. The van der Waals surface area contributed by atoms with Crippen LogP contribution in [0.5, 0.6) is 0 Å². The Kier molecular flexibility index (Phi) is 3.52. The number of ketones is 1. The number of rotatable bonds is 4. The van der Waals surface area contributed by atoms with Crippen molar-refractivity contribution in [2.45, 2.75) is 0 Å². The Morgan fingerprint density at radius 2 is 2.27 bits per heavy atom. The number of nitriles is 1. The van der Waals surface area contributed by atoms with Gasteiger partial charge in [-0.25, -0.2) is 4.39 Å². The number of hydrogen-bond acceptors (Lipinski definition) is 3. The van der Waals surface area contributed by atoms with E-state index in [-0.39, 0.29) is 17.7 Å². The molecule has 0 saturated heterocycles. The predicted molar refractivity (Wildman–Crippen MR) is 49.5 cm³/mol. The fourth-order valence-electron chi connectivity index (χ4n) is 1.05. The van der Waals surface area contributed by atoms with E-state index in [0.717, 1.165) is 12.1 Å². The van der Waals surface area contributed by atoms with Crippen molar-refractivity contribution < 1.29 is 14.0 Å². The molecule has 0 heterocycles. The summed E-state index contributed by atoms with van der Waals surface area (Å²) in [5, 5.41) is 10.7. The number of hydrogen-bond donors (Lipinski definition) is 1. The van der Waals surface area contributed by atoms with Gasteiger partial charge in [0.2, 0.25) is 6.41 Å². The van der Waals surface area contributed by atoms with Crippen LogP contribution in [0, 0.1) is 17.1 Å². The molecule has 76 valence electrons. The summed E-state index contributed by atoms with van der Waals surface area (Å²) in [4.78, 5) is 21.3. The molecule has 0 aliphatic rings. The monoisotopic (exact) mass is 206 g/mol. The van der Waals surface area contributed by atoms with Gasteiger partial charge in [0.05, 0.1) is 18.2 Å². The SMILES string of the molecule is N#Cc1cc(F)cc(C(=O)CNC=O)c1. The number of carbonyl (C=O) groups excluding carboxylic acids is 2.